The number of halogens is 1. The molecule has 86 valence electrons. The van der Waals surface area contributed by atoms with E-state index in [4.69, 9.17) is 0 Å². The molecule has 0 aliphatic carbocycles. The Bertz CT molecular complexity index is 375. The van der Waals surface area contributed by atoms with Crippen LogP contribution >= 0.6 is 0 Å². The first-order valence-corrected chi connectivity index (χ1v) is 6.61. The minimum atomic E-state index is -3.06. The Kier molecular flexibility index (Phi) is 6.17. The van der Waals surface area contributed by atoms with E-state index in [1.54, 1.807) is 32.9 Å². The van der Waals surface area contributed by atoms with Crippen molar-refractivity contribution < 1.29 is 12.8 Å². The lowest BCUT2D eigenvalue weighted by molar-refractivity contribution is 0.600. The maximum absolute atomic E-state index is 13.2. The summed E-state index contributed by atoms with van der Waals surface area (Å²) < 4.78 is 35.5. The van der Waals surface area contributed by atoms with Crippen LogP contribution < -0.4 is 0 Å². The standard InChI is InChI=1S/C11H17FO2S/c1-4-6-7-11(12)10(3)8-9-15(13,14)5-2/h4,6-8H,5,9H2,1-3H3/b6-4-,10-8+,11-7+. The summed E-state index contributed by atoms with van der Waals surface area (Å²) in [5.41, 5.74) is 0.352. The van der Waals surface area contributed by atoms with E-state index in [0.717, 1.165) is 0 Å². The fraction of sp³-hybridized carbons (Fsp3) is 0.455. The molecular weight excluding hydrogens is 215 g/mol. The van der Waals surface area contributed by atoms with Crippen LogP contribution in [-0.2, 0) is 9.84 Å². The third-order valence-electron chi connectivity index (χ3n) is 1.89. The number of sulfone groups is 1. The second kappa shape index (κ2) is 6.56. The molecule has 0 saturated carbocycles. The van der Waals surface area contributed by atoms with Crippen molar-refractivity contribution in [2.24, 2.45) is 0 Å². The summed E-state index contributed by atoms with van der Waals surface area (Å²) in [7, 11) is -3.06. The Morgan fingerprint density at radius 3 is 2.47 bits per heavy atom. The van der Waals surface area contributed by atoms with Crippen molar-refractivity contribution in [3.8, 4) is 0 Å². The second-order valence-corrected chi connectivity index (χ2v) is 5.52. The lowest BCUT2D eigenvalue weighted by Gasteiger charge is -1.98. The van der Waals surface area contributed by atoms with E-state index in [-0.39, 0.29) is 11.5 Å². The van der Waals surface area contributed by atoms with Crippen LogP contribution in [0.3, 0.4) is 0 Å². The Morgan fingerprint density at radius 1 is 1.40 bits per heavy atom. The molecule has 0 atom stereocenters. The average molecular weight is 232 g/mol. The molecule has 15 heavy (non-hydrogen) atoms. The zero-order valence-corrected chi connectivity index (χ0v) is 10.1. The molecule has 0 unspecified atom stereocenters. The van der Waals surface area contributed by atoms with Crippen LogP contribution in [-0.4, -0.2) is 19.9 Å². The molecule has 0 spiro atoms. The van der Waals surface area contributed by atoms with Gasteiger partial charge in [0, 0.05) is 5.75 Å². The van der Waals surface area contributed by atoms with Crippen LogP contribution in [0.5, 0.6) is 0 Å². The first kappa shape index (κ1) is 14.1. The number of allylic oxidation sites excluding steroid dienone is 5. The normalized spacial score (nSPS) is 14.9. The lowest BCUT2D eigenvalue weighted by Crippen LogP contribution is -2.06. The van der Waals surface area contributed by atoms with E-state index in [0.29, 0.717) is 5.57 Å². The number of rotatable bonds is 5. The largest absolute Gasteiger partial charge is 0.229 e. The van der Waals surface area contributed by atoms with E-state index in [2.05, 4.69) is 0 Å². The molecule has 0 aliphatic heterocycles. The molecule has 0 aromatic heterocycles. The van der Waals surface area contributed by atoms with E-state index in [9.17, 15) is 12.8 Å². The Hall–Kier alpha value is -0.900. The van der Waals surface area contributed by atoms with Gasteiger partial charge in [-0.15, -0.1) is 0 Å². The van der Waals surface area contributed by atoms with Gasteiger partial charge in [-0.05, 0) is 25.5 Å². The molecule has 0 heterocycles. The van der Waals surface area contributed by atoms with Gasteiger partial charge in [0.1, 0.15) is 5.83 Å². The highest BCUT2D eigenvalue weighted by molar-refractivity contribution is 7.91. The maximum atomic E-state index is 13.2. The molecule has 0 aromatic rings. The summed E-state index contributed by atoms with van der Waals surface area (Å²) in [5.74, 6) is -0.428. The summed E-state index contributed by atoms with van der Waals surface area (Å²) in [6, 6.07) is 0. The van der Waals surface area contributed by atoms with Gasteiger partial charge in [0.25, 0.3) is 0 Å². The first-order valence-electron chi connectivity index (χ1n) is 4.79. The average Bonchev–Trinajstić information content (AvgIpc) is 2.22. The van der Waals surface area contributed by atoms with Crippen LogP contribution in [0.1, 0.15) is 20.8 Å². The van der Waals surface area contributed by atoms with Crippen LogP contribution in [0.4, 0.5) is 4.39 Å². The highest BCUT2D eigenvalue weighted by Gasteiger charge is 2.05. The number of hydrogen-bond acceptors (Lipinski definition) is 2. The van der Waals surface area contributed by atoms with Gasteiger partial charge in [-0.25, -0.2) is 12.8 Å². The molecule has 0 rings (SSSR count). The maximum Gasteiger partial charge on any atom is 0.153 e. The molecule has 0 aliphatic rings. The van der Waals surface area contributed by atoms with Crippen LogP contribution in [0, 0.1) is 0 Å². The van der Waals surface area contributed by atoms with Crippen molar-refractivity contribution in [2.75, 3.05) is 11.5 Å². The van der Waals surface area contributed by atoms with Crippen molar-refractivity contribution in [1.82, 2.24) is 0 Å². The van der Waals surface area contributed by atoms with Gasteiger partial charge in [0.15, 0.2) is 9.84 Å². The van der Waals surface area contributed by atoms with Crippen LogP contribution in [0.15, 0.2) is 35.7 Å². The van der Waals surface area contributed by atoms with Gasteiger partial charge in [0.2, 0.25) is 0 Å². The van der Waals surface area contributed by atoms with E-state index in [1.165, 1.54) is 12.2 Å². The number of hydrogen-bond donors (Lipinski definition) is 0. The summed E-state index contributed by atoms with van der Waals surface area (Å²) in [5, 5.41) is 0. The minimum Gasteiger partial charge on any atom is -0.229 e. The topological polar surface area (TPSA) is 34.1 Å². The SMILES string of the molecule is C\C=C/C=C(F)\C(C)=C\CS(=O)(=O)CC. The van der Waals surface area contributed by atoms with Gasteiger partial charge in [-0.1, -0.05) is 25.2 Å². The fourth-order valence-corrected chi connectivity index (χ4v) is 1.52. The molecule has 0 saturated heterocycles. The molecule has 0 radical (unpaired) electrons. The molecule has 0 amide bonds. The summed E-state index contributed by atoms with van der Waals surface area (Å²) >= 11 is 0. The van der Waals surface area contributed by atoms with Gasteiger partial charge < -0.3 is 0 Å². The first-order chi connectivity index (χ1) is 6.93. The second-order valence-electron chi connectivity index (χ2n) is 3.13. The van der Waals surface area contributed by atoms with Crippen molar-refractivity contribution in [3.63, 3.8) is 0 Å². The monoisotopic (exact) mass is 232 g/mol. The van der Waals surface area contributed by atoms with Crippen molar-refractivity contribution in [2.45, 2.75) is 20.8 Å². The van der Waals surface area contributed by atoms with Crippen LogP contribution in [0.2, 0.25) is 0 Å². The smallest absolute Gasteiger partial charge is 0.153 e. The minimum absolute atomic E-state index is 0.0803. The third kappa shape index (κ3) is 6.23. The summed E-state index contributed by atoms with van der Waals surface area (Å²) in [4.78, 5) is 0. The van der Waals surface area contributed by atoms with Gasteiger partial charge >= 0.3 is 0 Å². The predicted molar refractivity (Wildman–Crippen MR) is 62.1 cm³/mol. The molecule has 2 nitrogen and oxygen atoms in total. The van der Waals surface area contributed by atoms with Crippen molar-refractivity contribution in [3.05, 3.63) is 35.7 Å². The Morgan fingerprint density at radius 2 is 2.00 bits per heavy atom. The Labute approximate surface area is 91.1 Å². The van der Waals surface area contributed by atoms with Crippen molar-refractivity contribution in [1.29, 1.82) is 0 Å². The fourth-order valence-electron chi connectivity index (χ4n) is 0.779. The molecule has 4 heteroatoms. The third-order valence-corrected chi connectivity index (χ3v) is 3.45. The molecular formula is C11H17FO2S. The molecule has 0 fully saturated rings. The van der Waals surface area contributed by atoms with Crippen LogP contribution in [0.25, 0.3) is 0 Å². The van der Waals surface area contributed by atoms with E-state index < -0.39 is 15.7 Å². The van der Waals surface area contributed by atoms with Gasteiger partial charge in [-0.2, -0.15) is 0 Å². The van der Waals surface area contributed by atoms with E-state index >= 15 is 0 Å². The van der Waals surface area contributed by atoms with Gasteiger partial charge in [0.05, 0.1) is 5.75 Å². The highest BCUT2D eigenvalue weighted by atomic mass is 32.2. The zero-order chi connectivity index (χ0) is 11.9. The Balaban J connectivity index is 4.59. The highest BCUT2D eigenvalue weighted by Crippen LogP contribution is 2.11. The predicted octanol–water partition coefficient (Wildman–Crippen LogP) is 2.80. The van der Waals surface area contributed by atoms with Gasteiger partial charge in [-0.3, -0.25) is 0 Å². The molecule has 0 aromatic carbocycles. The zero-order valence-electron chi connectivity index (χ0n) is 9.33. The quantitative estimate of drug-likeness (QED) is 0.683. The van der Waals surface area contributed by atoms with E-state index in [1.807, 2.05) is 0 Å². The molecule has 0 bridgehead atoms. The van der Waals surface area contributed by atoms with Crippen molar-refractivity contribution >= 4 is 9.84 Å². The molecule has 0 N–H and O–H groups in total. The summed E-state index contributed by atoms with van der Waals surface area (Å²) in [6.07, 6.45) is 5.98. The lowest BCUT2D eigenvalue weighted by atomic mass is 10.2. The summed E-state index contributed by atoms with van der Waals surface area (Å²) in [6.45, 7) is 4.91.